The molecule has 0 aliphatic rings. The minimum Gasteiger partial charge on any atom is -0.352 e. The third-order valence-corrected chi connectivity index (χ3v) is 4.10. The van der Waals surface area contributed by atoms with Crippen LogP contribution < -0.4 is 5.32 Å². The first-order valence-corrected chi connectivity index (χ1v) is 8.01. The average Bonchev–Trinajstić information content (AvgIpc) is 2.96. The number of halogens is 1. The van der Waals surface area contributed by atoms with E-state index in [0.29, 0.717) is 18.0 Å². The van der Waals surface area contributed by atoms with Gasteiger partial charge in [0, 0.05) is 18.0 Å². The van der Waals surface area contributed by atoms with Crippen molar-refractivity contribution in [3.05, 3.63) is 64.4 Å². The van der Waals surface area contributed by atoms with Crippen molar-refractivity contribution >= 4 is 28.5 Å². The van der Waals surface area contributed by atoms with Crippen molar-refractivity contribution in [3.63, 3.8) is 0 Å². The van der Waals surface area contributed by atoms with Gasteiger partial charge in [-0.15, -0.1) is 0 Å². The Balaban J connectivity index is 1.64. The molecular weight excluding hydrogens is 310 g/mol. The number of nitrogens with zero attached hydrogens (tertiary/aromatic N) is 1. The van der Waals surface area contributed by atoms with Crippen molar-refractivity contribution in [1.82, 2.24) is 15.3 Å². The Labute approximate surface area is 139 Å². The zero-order valence-corrected chi connectivity index (χ0v) is 13.7. The number of aromatic amines is 1. The van der Waals surface area contributed by atoms with E-state index in [0.717, 1.165) is 34.4 Å². The van der Waals surface area contributed by atoms with Crippen molar-refractivity contribution in [3.8, 4) is 0 Å². The first kappa shape index (κ1) is 15.6. The summed E-state index contributed by atoms with van der Waals surface area (Å²) < 4.78 is 0. The van der Waals surface area contributed by atoms with Gasteiger partial charge in [0.1, 0.15) is 5.82 Å². The molecule has 5 heteroatoms. The lowest BCUT2D eigenvalue weighted by molar-refractivity contribution is -0.120. The van der Waals surface area contributed by atoms with E-state index in [4.69, 9.17) is 11.6 Å². The van der Waals surface area contributed by atoms with E-state index < -0.39 is 0 Å². The summed E-state index contributed by atoms with van der Waals surface area (Å²) in [4.78, 5) is 19.8. The van der Waals surface area contributed by atoms with E-state index in [9.17, 15) is 4.79 Å². The van der Waals surface area contributed by atoms with E-state index in [1.165, 1.54) is 0 Å². The SMILES string of the molecule is CCc1nc2ccc(CC(=O)NCc3ccccc3Cl)cc2[nH]1. The summed E-state index contributed by atoms with van der Waals surface area (Å²) in [5, 5.41) is 3.57. The quantitative estimate of drug-likeness (QED) is 0.751. The smallest absolute Gasteiger partial charge is 0.224 e. The molecule has 0 spiro atoms. The molecule has 0 saturated heterocycles. The van der Waals surface area contributed by atoms with Gasteiger partial charge in [-0.3, -0.25) is 4.79 Å². The number of H-pyrrole nitrogens is 1. The van der Waals surface area contributed by atoms with Gasteiger partial charge < -0.3 is 10.3 Å². The summed E-state index contributed by atoms with van der Waals surface area (Å²) in [7, 11) is 0. The van der Waals surface area contributed by atoms with Gasteiger partial charge in [-0.1, -0.05) is 42.8 Å². The van der Waals surface area contributed by atoms with Crippen LogP contribution in [-0.4, -0.2) is 15.9 Å². The van der Waals surface area contributed by atoms with Gasteiger partial charge in [-0.25, -0.2) is 4.98 Å². The summed E-state index contributed by atoms with van der Waals surface area (Å²) in [6, 6.07) is 13.4. The van der Waals surface area contributed by atoms with Crippen LogP contribution in [0.4, 0.5) is 0 Å². The second kappa shape index (κ2) is 6.84. The fourth-order valence-corrected chi connectivity index (χ4v) is 2.67. The average molecular weight is 328 g/mol. The minimum absolute atomic E-state index is 0.0282. The number of carbonyl (C=O) groups excluding carboxylic acids is 1. The Hall–Kier alpha value is -2.33. The summed E-state index contributed by atoms with van der Waals surface area (Å²) in [5.74, 6) is 0.930. The molecule has 2 aromatic carbocycles. The molecule has 1 aromatic heterocycles. The number of aromatic nitrogens is 2. The van der Waals surface area contributed by atoms with Gasteiger partial charge in [-0.2, -0.15) is 0 Å². The third kappa shape index (κ3) is 3.71. The topological polar surface area (TPSA) is 57.8 Å². The lowest BCUT2D eigenvalue weighted by Gasteiger charge is -2.07. The van der Waals surface area contributed by atoms with Gasteiger partial charge in [0.05, 0.1) is 17.5 Å². The highest BCUT2D eigenvalue weighted by Gasteiger charge is 2.07. The van der Waals surface area contributed by atoms with Crippen LogP contribution in [0.15, 0.2) is 42.5 Å². The molecule has 0 saturated carbocycles. The molecule has 0 atom stereocenters. The van der Waals surface area contributed by atoms with Crippen LogP contribution in [0.5, 0.6) is 0 Å². The predicted molar refractivity (Wildman–Crippen MR) is 92.5 cm³/mol. The zero-order chi connectivity index (χ0) is 16.2. The monoisotopic (exact) mass is 327 g/mol. The number of aryl methyl sites for hydroxylation is 1. The number of carbonyl (C=O) groups is 1. The number of nitrogens with one attached hydrogen (secondary N) is 2. The first-order valence-electron chi connectivity index (χ1n) is 7.63. The molecule has 0 radical (unpaired) electrons. The van der Waals surface area contributed by atoms with Crippen molar-refractivity contribution < 1.29 is 4.79 Å². The standard InChI is InChI=1S/C18H18ClN3O/c1-2-17-21-15-8-7-12(9-16(15)22-17)10-18(23)20-11-13-5-3-4-6-14(13)19/h3-9H,2,10-11H2,1H3,(H,20,23)(H,21,22). The molecule has 3 rings (SSSR count). The van der Waals surface area contributed by atoms with Crippen molar-refractivity contribution in [2.24, 2.45) is 0 Å². The number of imidazole rings is 1. The number of rotatable bonds is 5. The van der Waals surface area contributed by atoms with E-state index in [1.54, 1.807) is 0 Å². The molecule has 1 heterocycles. The van der Waals surface area contributed by atoms with Gasteiger partial charge in [0.2, 0.25) is 5.91 Å². The summed E-state index contributed by atoms with van der Waals surface area (Å²) in [6.45, 7) is 2.49. The molecule has 118 valence electrons. The summed E-state index contributed by atoms with van der Waals surface area (Å²) in [6.07, 6.45) is 1.20. The molecule has 0 aliphatic heterocycles. The van der Waals surface area contributed by atoms with Crippen molar-refractivity contribution in [1.29, 1.82) is 0 Å². The maximum absolute atomic E-state index is 12.1. The Bertz CT molecular complexity index is 841. The Kier molecular flexibility index (Phi) is 4.63. The zero-order valence-electron chi connectivity index (χ0n) is 12.9. The molecule has 0 fully saturated rings. The van der Waals surface area contributed by atoms with Crippen LogP contribution in [0.25, 0.3) is 11.0 Å². The van der Waals surface area contributed by atoms with Crippen LogP contribution in [0.1, 0.15) is 23.9 Å². The first-order chi connectivity index (χ1) is 11.2. The fourth-order valence-electron chi connectivity index (χ4n) is 2.47. The van der Waals surface area contributed by atoms with Gasteiger partial charge in [0.25, 0.3) is 0 Å². The van der Waals surface area contributed by atoms with Crippen LogP contribution in [0.2, 0.25) is 5.02 Å². The molecule has 1 amide bonds. The van der Waals surface area contributed by atoms with E-state index in [2.05, 4.69) is 22.2 Å². The van der Waals surface area contributed by atoms with Crippen molar-refractivity contribution in [2.75, 3.05) is 0 Å². The minimum atomic E-state index is -0.0282. The number of hydrogen-bond donors (Lipinski definition) is 2. The Morgan fingerprint density at radius 2 is 2.09 bits per heavy atom. The summed E-state index contributed by atoms with van der Waals surface area (Å²) >= 11 is 6.09. The molecule has 23 heavy (non-hydrogen) atoms. The molecule has 4 nitrogen and oxygen atoms in total. The Morgan fingerprint density at radius 3 is 2.87 bits per heavy atom. The molecular formula is C18H18ClN3O. The maximum atomic E-state index is 12.1. The number of amides is 1. The largest absolute Gasteiger partial charge is 0.352 e. The number of fused-ring (bicyclic) bond motifs is 1. The molecule has 0 bridgehead atoms. The summed E-state index contributed by atoms with van der Waals surface area (Å²) in [5.41, 5.74) is 3.78. The highest BCUT2D eigenvalue weighted by atomic mass is 35.5. The van der Waals surface area contributed by atoms with Crippen LogP contribution in [-0.2, 0) is 24.2 Å². The molecule has 0 unspecified atom stereocenters. The highest BCUT2D eigenvalue weighted by Crippen LogP contribution is 2.16. The lowest BCUT2D eigenvalue weighted by atomic mass is 10.1. The molecule has 0 aliphatic carbocycles. The van der Waals surface area contributed by atoms with E-state index in [1.807, 2.05) is 42.5 Å². The number of benzene rings is 2. The highest BCUT2D eigenvalue weighted by molar-refractivity contribution is 6.31. The number of hydrogen-bond acceptors (Lipinski definition) is 2. The third-order valence-electron chi connectivity index (χ3n) is 3.73. The van der Waals surface area contributed by atoms with Gasteiger partial charge >= 0.3 is 0 Å². The normalized spacial score (nSPS) is 10.9. The van der Waals surface area contributed by atoms with Crippen LogP contribution >= 0.6 is 11.6 Å². The van der Waals surface area contributed by atoms with E-state index >= 15 is 0 Å². The molecule has 3 aromatic rings. The predicted octanol–water partition coefficient (Wildman–Crippen LogP) is 3.64. The second-order valence-electron chi connectivity index (χ2n) is 5.43. The fraction of sp³-hybridized carbons (Fsp3) is 0.222. The maximum Gasteiger partial charge on any atom is 0.224 e. The van der Waals surface area contributed by atoms with Gasteiger partial charge in [0.15, 0.2) is 0 Å². The van der Waals surface area contributed by atoms with Gasteiger partial charge in [-0.05, 0) is 29.3 Å². The van der Waals surface area contributed by atoms with E-state index in [-0.39, 0.29) is 5.91 Å². The lowest BCUT2D eigenvalue weighted by Crippen LogP contribution is -2.24. The van der Waals surface area contributed by atoms with Crippen LogP contribution in [0, 0.1) is 0 Å². The van der Waals surface area contributed by atoms with Crippen LogP contribution in [0.3, 0.4) is 0 Å². The second-order valence-corrected chi connectivity index (χ2v) is 5.84. The Morgan fingerprint density at radius 1 is 1.26 bits per heavy atom. The van der Waals surface area contributed by atoms with Crippen molar-refractivity contribution in [2.45, 2.75) is 26.3 Å². The molecule has 2 N–H and O–H groups in total.